The molecule has 1 heterocycles. The fourth-order valence-corrected chi connectivity index (χ4v) is 4.23. The van der Waals surface area contributed by atoms with Crippen LogP contribution in [0.5, 0.6) is 0 Å². The van der Waals surface area contributed by atoms with Gasteiger partial charge in [-0.3, -0.25) is 4.90 Å². The summed E-state index contributed by atoms with van der Waals surface area (Å²) >= 11 is 13.1. The molecule has 0 bridgehead atoms. The molecule has 0 radical (unpaired) electrons. The molecule has 1 aliphatic heterocycles. The van der Waals surface area contributed by atoms with Crippen LogP contribution >= 0.6 is 35.6 Å². The van der Waals surface area contributed by atoms with E-state index >= 15 is 0 Å². The maximum atomic E-state index is 13.3. The average molecular weight is 454 g/mol. The lowest BCUT2D eigenvalue weighted by Crippen LogP contribution is -2.46. The summed E-state index contributed by atoms with van der Waals surface area (Å²) in [6, 6.07) is 14.6. The molecule has 3 rings (SSSR count). The monoisotopic (exact) mass is 453 g/mol. The van der Waals surface area contributed by atoms with E-state index in [4.69, 9.17) is 28.6 Å². The smallest absolute Gasteiger partial charge is 0.166 e. The molecule has 0 spiro atoms. The van der Waals surface area contributed by atoms with Gasteiger partial charge >= 0.3 is 0 Å². The van der Waals surface area contributed by atoms with Gasteiger partial charge in [-0.05, 0) is 54.2 Å². The van der Waals surface area contributed by atoms with Gasteiger partial charge in [-0.1, -0.05) is 23.7 Å². The van der Waals surface area contributed by atoms with Gasteiger partial charge in [0.05, 0.1) is 19.3 Å². The molecular weight excluding hydrogens is 429 g/mol. The van der Waals surface area contributed by atoms with Crippen molar-refractivity contribution in [2.75, 3.05) is 45.1 Å². The Kier molecular flexibility index (Phi) is 9.01. The van der Waals surface area contributed by atoms with Crippen molar-refractivity contribution in [1.29, 1.82) is 0 Å². The number of ether oxygens (including phenoxy) is 1. The number of nitrogens with one attached hydrogen (secondary N) is 2. The molecule has 0 aliphatic carbocycles. The summed E-state index contributed by atoms with van der Waals surface area (Å²) in [6.07, 6.45) is 0. The van der Waals surface area contributed by atoms with Crippen molar-refractivity contribution >= 4 is 40.7 Å². The van der Waals surface area contributed by atoms with Gasteiger partial charge in [0.25, 0.3) is 0 Å². The fourth-order valence-electron chi connectivity index (χ4n) is 3.15. The number of thioether (sulfide) groups is 1. The maximum absolute atomic E-state index is 13.3. The minimum absolute atomic E-state index is 0.114. The van der Waals surface area contributed by atoms with Gasteiger partial charge < -0.3 is 15.4 Å². The summed E-state index contributed by atoms with van der Waals surface area (Å²) in [6.45, 7) is 4.54. The highest BCUT2D eigenvalue weighted by atomic mass is 35.5. The molecule has 4 nitrogen and oxygen atoms in total. The molecular formula is C21H25ClFN3OS2. The Morgan fingerprint density at radius 2 is 1.79 bits per heavy atom. The molecule has 0 amide bonds. The summed E-state index contributed by atoms with van der Waals surface area (Å²) < 4.78 is 18.8. The second kappa shape index (κ2) is 11.7. The van der Waals surface area contributed by atoms with Crippen molar-refractivity contribution in [3.63, 3.8) is 0 Å². The molecule has 156 valence electrons. The van der Waals surface area contributed by atoms with Crippen molar-refractivity contribution in [2.45, 2.75) is 10.9 Å². The first-order valence-electron chi connectivity index (χ1n) is 9.59. The molecule has 2 aromatic carbocycles. The van der Waals surface area contributed by atoms with Crippen molar-refractivity contribution in [3.05, 3.63) is 64.9 Å². The summed E-state index contributed by atoms with van der Waals surface area (Å²) in [5.41, 5.74) is 1.07. The van der Waals surface area contributed by atoms with Gasteiger partial charge in [-0.2, -0.15) is 0 Å². The van der Waals surface area contributed by atoms with Crippen molar-refractivity contribution < 1.29 is 9.13 Å². The van der Waals surface area contributed by atoms with E-state index in [1.807, 2.05) is 36.4 Å². The molecule has 0 unspecified atom stereocenters. The van der Waals surface area contributed by atoms with Gasteiger partial charge in [-0.25, -0.2) is 4.39 Å². The summed E-state index contributed by atoms with van der Waals surface area (Å²) in [5.74, 6) is 0.673. The second-order valence-corrected chi connectivity index (χ2v) is 8.67. The Morgan fingerprint density at radius 3 is 2.48 bits per heavy atom. The predicted octanol–water partition coefficient (Wildman–Crippen LogP) is 4.11. The first kappa shape index (κ1) is 22.3. The largest absolute Gasteiger partial charge is 0.379 e. The van der Waals surface area contributed by atoms with E-state index in [1.54, 1.807) is 11.8 Å². The van der Waals surface area contributed by atoms with Gasteiger partial charge in [0.1, 0.15) is 5.82 Å². The highest BCUT2D eigenvalue weighted by molar-refractivity contribution is 7.99. The Balaban J connectivity index is 1.45. The zero-order valence-electron chi connectivity index (χ0n) is 16.1. The lowest BCUT2D eigenvalue weighted by atomic mass is 10.0. The first-order chi connectivity index (χ1) is 14.1. The molecule has 0 saturated carbocycles. The maximum Gasteiger partial charge on any atom is 0.166 e. The first-order valence-corrected chi connectivity index (χ1v) is 11.4. The van der Waals surface area contributed by atoms with E-state index in [1.165, 1.54) is 17.0 Å². The molecule has 8 heteroatoms. The highest BCUT2D eigenvalue weighted by Crippen LogP contribution is 2.22. The molecule has 2 aromatic rings. The van der Waals surface area contributed by atoms with Crippen LogP contribution < -0.4 is 10.6 Å². The molecule has 1 aliphatic rings. The van der Waals surface area contributed by atoms with Crippen molar-refractivity contribution in [2.24, 2.45) is 0 Å². The number of hydrogen-bond acceptors (Lipinski definition) is 4. The van der Waals surface area contributed by atoms with Crippen LogP contribution in [0.2, 0.25) is 5.02 Å². The van der Waals surface area contributed by atoms with E-state index in [9.17, 15) is 4.39 Å². The zero-order valence-corrected chi connectivity index (χ0v) is 18.5. The molecule has 1 atom stereocenters. The minimum Gasteiger partial charge on any atom is -0.379 e. The topological polar surface area (TPSA) is 36.5 Å². The summed E-state index contributed by atoms with van der Waals surface area (Å²) in [7, 11) is 0. The van der Waals surface area contributed by atoms with Crippen LogP contribution in [0, 0.1) is 5.82 Å². The predicted molar refractivity (Wildman–Crippen MR) is 122 cm³/mol. The lowest BCUT2D eigenvalue weighted by molar-refractivity contribution is 0.0170. The highest BCUT2D eigenvalue weighted by Gasteiger charge is 2.22. The van der Waals surface area contributed by atoms with Crippen LogP contribution in [-0.4, -0.2) is 55.2 Å². The van der Waals surface area contributed by atoms with Crippen LogP contribution in [0.4, 0.5) is 4.39 Å². The number of rotatable bonds is 8. The van der Waals surface area contributed by atoms with Gasteiger partial charge in [0.15, 0.2) is 5.11 Å². The van der Waals surface area contributed by atoms with Crippen LogP contribution in [0.3, 0.4) is 0 Å². The lowest BCUT2D eigenvalue weighted by Gasteiger charge is -2.35. The standard InChI is InChI=1S/C21H25ClFN3OS2/c22-17-3-7-19(8-4-17)29-14-9-24-21(28)25-15-20(26-10-12-27-13-11-26)16-1-5-18(23)6-2-16/h1-8,20H,9-15H2,(H2,24,25,28)/t20-/m1/s1. The number of nitrogens with zero attached hydrogens (tertiary/aromatic N) is 1. The van der Waals surface area contributed by atoms with Crippen LogP contribution in [-0.2, 0) is 4.74 Å². The van der Waals surface area contributed by atoms with E-state index in [-0.39, 0.29) is 11.9 Å². The van der Waals surface area contributed by atoms with Crippen molar-refractivity contribution in [3.8, 4) is 0 Å². The van der Waals surface area contributed by atoms with E-state index < -0.39 is 0 Å². The summed E-state index contributed by atoms with van der Waals surface area (Å²) in [4.78, 5) is 3.53. The number of thiocarbonyl (C=S) groups is 1. The van der Waals surface area contributed by atoms with Crippen LogP contribution in [0.15, 0.2) is 53.4 Å². The molecule has 2 N–H and O–H groups in total. The van der Waals surface area contributed by atoms with Crippen molar-refractivity contribution in [1.82, 2.24) is 15.5 Å². The number of hydrogen-bond donors (Lipinski definition) is 2. The Morgan fingerprint density at radius 1 is 1.10 bits per heavy atom. The van der Waals surface area contributed by atoms with Gasteiger partial charge in [-0.15, -0.1) is 11.8 Å². The number of morpholine rings is 1. The fraction of sp³-hybridized carbons (Fsp3) is 0.381. The number of halogens is 2. The Bertz CT molecular complexity index is 771. The quantitative estimate of drug-likeness (QED) is 0.356. The van der Waals surface area contributed by atoms with E-state index in [2.05, 4.69) is 15.5 Å². The third-order valence-electron chi connectivity index (χ3n) is 4.67. The van der Waals surface area contributed by atoms with E-state index in [0.29, 0.717) is 24.9 Å². The Labute approximate surface area is 186 Å². The number of benzene rings is 2. The second-order valence-electron chi connectivity index (χ2n) is 6.65. The SMILES string of the molecule is Fc1ccc([C@@H](CNC(=S)NCCSc2ccc(Cl)cc2)N2CCOCC2)cc1. The van der Waals surface area contributed by atoms with Gasteiger partial charge in [0.2, 0.25) is 0 Å². The normalized spacial score (nSPS) is 15.7. The zero-order chi connectivity index (χ0) is 20.5. The van der Waals surface area contributed by atoms with Gasteiger partial charge in [0, 0.05) is 41.8 Å². The molecule has 0 aromatic heterocycles. The average Bonchev–Trinajstić information content (AvgIpc) is 2.75. The molecule has 1 saturated heterocycles. The summed E-state index contributed by atoms with van der Waals surface area (Å²) in [5, 5.41) is 7.94. The molecule has 29 heavy (non-hydrogen) atoms. The molecule has 1 fully saturated rings. The third-order valence-corrected chi connectivity index (χ3v) is 6.22. The van der Waals surface area contributed by atoms with Crippen LogP contribution in [0.25, 0.3) is 0 Å². The minimum atomic E-state index is -0.224. The van der Waals surface area contributed by atoms with E-state index in [0.717, 1.165) is 36.0 Å². The Hall–Kier alpha value is -1.38. The third kappa shape index (κ3) is 7.42. The van der Waals surface area contributed by atoms with Crippen LogP contribution in [0.1, 0.15) is 11.6 Å².